The lowest BCUT2D eigenvalue weighted by molar-refractivity contribution is -0.128. The molecule has 3 aromatic carbocycles. The second-order valence-electron chi connectivity index (χ2n) is 7.38. The van der Waals surface area contributed by atoms with Gasteiger partial charge in [-0.15, -0.1) is 0 Å². The Kier molecular flexibility index (Phi) is 7.43. The number of nitrogens with zero attached hydrogens (tertiary/aromatic N) is 2. The number of aryl methyl sites for hydroxylation is 1. The van der Waals surface area contributed by atoms with Crippen LogP contribution in [0.2, 0.25) is 5.02 Å². The van der Waals surface area contributed by atoms with Crippen molar-refractivity contribution in [2.75, 3.05) is 25.0 Å². The van der Waals surface area contributed by atoms with E-state index >= 15 is 0 Å². The van der Waals surface area contributed by atoms with E-state index < -0.39 is 10.0 Å². The number of hydrogen-bond donors (Lipinski definition) is 0. The molecule has 0 unspecified atom stereocenters. The third-order valence-electron chi connectivity index (χ3n) is 5.00. The highest BCUT2D eigenvalue weighted by Gasteiger charge is 2.28. The van der Waals surface area contributed by atoms with Gasteiger partial charge in [-0.2, -0.15) is 0 Å². The van der Waals surface area contributed by atoms with Crippen molar-refractivity contribution in [2.45, 2.75) is 18.4 Å². The fourth-order valence-electron chi connectivity index (χ4n) is 3.14. The SMILES string of the molecule is COc1ccc(N(CC(=O)N(C)Cc2ccc(C)cc2)S(=O)(=O)c2ccccc2)cc1Cl. The molecule has 0 aliphatic carbocycles. The Morgan fingerprint density at radius 1 is 1.00 bits per heavy atom. The van der Waals surface area contributed by atoms with Crippen molar-refractivity contribution < 1.29 is 17.9 Å². The Labute approximate surface area is 194 Å². The Morgan fingerprint density at radius 3 is 2.25 bits per heavy atom. The number of anilines is 1. The molecule has 168 valence electrons. The van der Waals surface area contributed by atoms with Crippen molar-refractivity contribution in [1.82, 2.24) is 4.90 Å². The van der Waals surface area contributed by atoms with E-state index in [0.29, 0.717) is 12.3 Å². The maximum Gasteiger partial charge on any atom is 0.264 e. The van der Waals surface area contributed by atoms with Gasteiger partial charge in [-0.05, 0) is 42.8 Å². The molecule has 0 atom stereocenters. The second-order valence-corrected chi connectivity index (χ2v) is 9.65. The zero-order valence-electron chi connectivity index (χ0n) is 18.2. The van der Waals surface area contributed by atoms with Gasteiger partial charge in [0.15, 0.2) is 0 Å². The first-order chi connectivity index (χ1) is 15.2. The molecule has 8 heteroatoms. The fourth-order valence-corrected chi connectivity index (χ4v) is 4.82. The lowest BCUT2D eigenvalue weighted by Crippen LogP contribution is -2.41. The third-order valence-corrected chi connectivity index (χ3v) is 7.08. The number of halogens is 1. The summed E-state index contributed by atoms with van der Waals surface area (Å²) in [4.78, 5) is 14.6. The van der Waals surface area contributed by atoms with E-state index in [1.807, 2.05) is 31.2 Å². The number of ether oxygens (including phenoxy) is 1. The minimum absolute atomic E-state index is 0.0842. The number of methoxy groups -OCH3 is 1. The molecule has 0 spiro atoms. The molecule has 3 aromatic rings. The van der Waals surface area contributed by atoms with Crippen LogP contribution < -0.4 is 9.04 Å². The molecule has 0 N–H and O–H groups in total. The summed E-state index contributed by atoms with van der Waals surface area (Å²) in [5, 5.41) is 0.249. The first kappa shape index (κ1) is 23.6. The monoisotopic (exact) mass is 472 g/mol. The molecule has 32 heavy (non-hydrogen) atoms. The zero-order valence-corrected chi connectivity index (χ0v) is 19.7. The van der Waals surface area contributed by atoms with Crippen LogP contribution in [-0.4, -0.2) is 39.9 Å². The summed E-state index contributed by atoms with van der Waals surface area (Å²) in [7, 11) is -0.887. The predicted octanol–water partition coefficient (Wildman–Crippen LogP) is 4.51. The van der Waals surface area contributed by atoms with Crippen molar-refractivity contribution in [3.05, 3.63) is 88.9 Å². The average molecular weight is 473 g/mol. The topological polar surface area (TPSA) is 66.9 Å². The summed E-state index contributed by atoms with van der Waals surface area (Å²) < 4.78 is 33.1. The van der Waals surface area contributed by atoms with E-state index in [9.17, 15) is 13.2 Å². The predicted molar refractivity (Wildman–Crippen MR) is 127 cm³/mol. The first-order valence-electron chi connectivity index (χ1n) is 9.93. The van der Waals surface area contributed by atoms with Crippen LogP contribution in [0.15, 0.2) is 77.7 Å². The van der Waals surface area contributed by atoms with Gasteiger partial charge in [0, 0.05) is 13.6 Å². The Balaban J connectivity index is 1.92. The van der Waals surface area contributed by atoms with E-state index in [4.69, 9.17) is 16.3 Å². The quantitative estimate of drug-likeness (QED) is 0.483. The van der Waals surface area contributed by atoms with Crippen LogP contribution in [0, 0.1) is 6.92 Å². The van der Waals surface area contributed by atoms with Gasteiger partial charge in [-0.3, -0.25) is 9.10 Å². The molecular weight excluding hydrogens is 448 g/mol. The smallest absolute Gasteiger partial charge is 0.264 e. The van der Waals surface area contributed by atoms with Gasteiger partial charge in [0.05, 0.1) is 22.7 Å². The number of amides is 1. The summed E-state index contributed by atoms with van der Waals surface area (Å²) in [6, 6.07) is 20.4. The summed E-state index contributed by atoms with van der Waals surface area (Å²) >= 11 is 6.25. The molecule has 0 fully saturated rings. The van der Waals surface area contributed by atoms with Crippen molar-refractivity contribution in [3.8, 4) is 5.75 Å². The van der Waals surface area contributed by atoms with Crippen LogP contribution in [0.25, 0.3) is 0 Å². The van der Waals surface area contributed by atoms with E-state index in [-0.39, 0.29) is 28.1 Å². The molecule has 3 rings (SSSR count). The molecule has 0 heterocycles. The maximum atomic E-state index is 13.4. The van der Waals surface area contributed by atoms with Gasteiger partial charge >= 0.3 is 0 Å². The molecule has 1 amide bonds. The molecule has 0 saturated carbocycles. The van der Waals surface area contributed by atoms with Crippen LogP contribution >= 0.6 is 11.6 Å². The van der Waals surface area contributed by atoms with Crippen LogP contribution in [0.4, 0.5) is 5.69 Å². The van der Waals surface area contributed by atoms with Gasteiger partial charge in [0.2, 0.25) is 5.91 Å². The van der Waals surface area contributed by atoms with E-state index in [1.54, 1.807) is 37.4 Å². The molecule has 6 nitrogen and oxygen atoms in total. The third kappa shape index (κ3) is 5.41. The average Bonchev–Trinajstić information content (AvgIpc) is 2.79. The van der Waals surface area contributed by atoms with Gasteiger partial charge in [-0.25, -0.2) is 8.42 Å². The standard InChI is InChI=1S/C24H25ClN2O4S/c1-18-9-11-19(12-10-18)16-26(2)24(28)17-27(20-13-14-23(31-3)22(25)15-20)32(29,30)21-7-5-4-6-8-21/h4-15H,16-17H2,1-3H3. The molecule has 0 bridgehead atoms. The minimum atomic E-state index is -4.01. The highest BCUT2D eigenvalue weighted by atomic mass is 35.5. The number of carbonyl (C=O) groups excluding carboxylic acids is 1. The number of benzene rings is 3. The number of likely N-dealkylation sites (N-methyl/N-ethyl adjacent to an activating group) is 1. The zero-order chi connectivity index (χ0) is 23.3. The molecular formula is C24H25ClN2O4S. The lowest BCUT2D eigenvalue weighted by Gasteiger charge is -2.27. The van der Waals surface area contributed by atoms with Gasteiger partial charge < -0.3 is 9.64 Å². The van der Waals surface area contributed by atoms with Gasteiger partial charge in [-0.1, -0.05) is 59.6 Å². The molecule has 0 aliphatic heterocycles. The number of hydrogen-bond acceptors (Lipinski definition) is 4. The normalized spacial score (nSPS) is 11.1. The van der Waals surface area contributed by atoms with Crippen molar-refractivity contribution in [2.24, 2.45) is 0 Å². The molecule has 0 aromatic heterocycles. The molecule has 0 saturated heterocycles. The van der Waals surface area contributed by atoms with Gasteiger partial charge in [0.25, 0.3) is 10.0 Å². The number of rotatable bonds is 8. The lowest BCUT2D eigenvalue weighted by atomic mass is 10.1. The van der Waals surface area contributed by atoms with Crippen molar-refractivity contribution >= 4 is 33.2 Å². The molecule has 0 aliphatic rings. The van der Waals surface area contributed by atoms with Crippen molar-refractivity contribution in [3.63, 3.8) is 0 Å². The van der Waals surface area contributed by atoms with Gasteiger partial charge in [0.1, 0.15) is 12.3 Å². The number of sulfonamides is 1. The van der Waals surface area contributed by atoms with E-state index in [2.05, 4.69) is 0 Å². The highest BCUT2D eigenvalue weighted by molar-refractivity contribution is 7.92. The van der Waals surface area contributed by atoms with Crippen molar-refractivity contribution in [1.29, 1.82) is 0 Å². The van der Waals surface area contributed by atoms with Crippen LogP contribution in [-0.2, 0) is 21.4 Å². The first-order valence-corrected chi connectivity index (χ1v) is 11.7. The Morgan fingerprint density at radius 2 is 1.66 bits per heavy atom. The van der Waals surface area contributed by atoms with E-state index in [0.717, 1.165) is 15.4 Å². The fraction of sp³-hybridized carbons (Fsp3) is 0.208. The Hall–Kier alpha value is -3.03. The van der Waals surface area contributed by atoms with Crippen LogP contribution in [0.1, 0.15) is 11.1 Å². The summed E-state index contributed by atoms with van der Waals surface area (Å²) in [5.74, 6) is 0.0623. The minimum Gasteiger partial charge on any atom is -0.495 e. The highest BCUT2D eigenvalue weighted by Crippen LogP contribution is 2.32. The second kappa shape index (κ2) is 10.1. The summed E-state index contributed by atoms with van der Waals surface area (Å²) in [6.45, 7) is 1.98. The van der Waals surface area contributed by atoms with Crippen LogP contribution in [0.3, 0.4) is 0 Å². The molecule has 0 radical (unpaired) electrons. The van der Waals surface area contributed by atoms with Crippen LogP contribution in [0.5, 0.6) is 5.75 Å². The number of carbonyl (C=O) groups is 1. The Bertz CT molecular complexity index is 1180. The summed E-state index contributed by atoms with van der Waals surface area (Å²) in [6.07, 6.45) is 0. The van der Waals surface area contributed by atoms with E-state index in [1.165, 1.54) is 30.2 Å². The maximum absolute atomic E-state index is 13.4. The largest absolute Gasteiger partial charge is 0.495 e. The summed E-state index contributed by atoms with van der Waals surface area (Å²) in [5.41, 5.74) is 2.35.